The number of carbonyl (C=O) groups excluding carboxylic acids is 1. The Balaban J connectivity index is 2.03. The maximum Gasteiger partial charge on any atom is 0.227 e. The molecule has 2 aliphatic rings. The predicted molar refractivity (Wildman–Crippen MR) is 66.5 cm³/mol. The van der Waals surface area contributed by atoms with Crippen LogP contribution in [-0.2, 0) is 9.53 Å². The minimum atomic E-state index is -0.240. The average Bonchev–Trinajstić information content (AvgIpc) is 2.60. The molecular formula is C13H24N2O2. The molecule has 0 aromatic heterocycles. The van der Waals surface area contributed by atoms with Crippen LogP contribution in [0.25, 0.3) is 0 Å². The third-order valence-electron chi connectivity index (χ3n) is 3.77. The van der Waals surface area contributed by atoms with Gasteiger partial charge in [0.2, 0.25) is 5.91 Å². The molecule has 2 fully saturated rings. The molecule has 0 bridgehead atoms. The third-order valence-corrected chi connectivity index (χ3v) is 3.77. The van der Waals surface area contributed by atoms with Gasteiger partial charge in [-0.15, -0.1) is 0 Å². The lowest BCUT2D eigenvalue weighted by molar-refractivity contribution is -0.161. The molecule has 1 saturated heterocycles. The highest BCUT2D eigenvalue weighted by molar-refractivity contribution is 5.80. The first kappa shape index (κ1) is 12.8. The zero-order chi connectivity index (χ0) is 12.6. The maximum atomic E-state index is 12.4. The van der Waals surface area contributed by atoms with E-state index in [1.165, 1.54) is 0 Å². The molecule has 0 radical (unpaired) electrons. The Morgan fingerprint density at radius 1 is 1.41 bits per heavy atom. The predicted octanol–water partition coefficient (Wildman–Crippen LogP) is 1.14. The van der Waals surface area contributed by atoms with Gasteiger partial charge in [-0.25, -0.2) is 0 Å². The molecule has 1 heterocycles. The minimum Gasteiger partial charge on any atom is -0.369 e. The lowest BCUT2D eigenvalue weighted by Gasteiger charge is -2.42. The van der Waals surface area contributed by atoms with Crippen molar-refractivity contribution < 1.29 is 9.53 Å². The van der Waals surface area contributed by atoms with Crippen molar-refractivity contribution in [1.29, 1.82) is 0 Å². The van der Waals surface area contributed by atoms with Gasteiger partial charge in [-0.3, -0.25) is 4.79 Å². The lowest BCUT2D eigenvalue weighted by atomic mass is 9.99. The van der Waals surface area contributed by atoms with Crippen LogP contribution in [0.1, 0.15) is 40.0 Å². The lowest BCUT2D eigenvalue weighted by Crippen LogP contribution is -2.56. The van der Waals surface area contributed by atoms with Crippen LogP contribution < -0.4 is 5.73 Å². The molecule has 98 valence electrons. The van der Waals surface area contributed by atoms with E-state index in [9.17, 15) is 4.79 Å². The van der Waals surface area contributed by atoms with Crippen LogP contribution in [0.2, 0.25) is 0 Å². The van der Waals surface area contributed by atoms with E-state index in [4.69, 9.17) is 10.5 Å². The van der Waals surface area contributed by atoms with E-state index in [1.807, 2.05) is 25.7 Å². The van der Waals surface area contributed by atoms with Crippen molar-refractivity contribution in [3.05, 3.63) is 0 Å². The molecule has 1 amide bonds. The number of carbonyl (C=O) groups is 1. The molecule has 2 rings (SSSR count). The minimum absolute atomic E-state index is 0.0381. The summed E-state index contributed by atoms with van der Waals surface area (Å²) in [6.45, 7) is 7.48. The number of nitrogens with zero attached hydrogens (tertiary/aromatic N) is 1. The topological polar surface area (TPSA) is 55.6 Å². The number of morpholine rings is 1. The Kier molecular flexibility index (Phi) is 3.46. The summed E-state index contributed by atoms with van der Waals surface area (Å²) in [6, 6.07) is 0.0590. The Morgan fingerprint density at radius 2 is 2.12 bits per heavy atom. The number of hydrogen-bond donors (Lipinski definition) is 1. The largest absolute Gasteiger partial charge is 0.369 e. The van der Waals surface area contributed by atoms with Crippen molar-refractivity contribution in [2.24, 2.45) is 11.7 Å². The molecule has 0 aromatic carbocycles. The summed E-state index contributed by atoms with van der Waals surface area (Å²) < 4.78 is 5.82. The molecule has 17 heavy (non-hydrogen) atoms. The van der Waals surface area contributed by atoms with E-state index < -0.39 is 0 Å². The van der Waals surface area contributed by atoms with Gasteiger partial charge in [-0.1, -0.05) is 6.42 Å². The van der Waals surface area contributed by atoms with E-state index >= 15 is 0 Å². The second-order valence-electron chi connectivity index (χ2n) is 6.11. The molecule has 2 N–H and O–H groups in total. The molecular weight excluding hydrogens is 216 g/mol. The maximum absolute atomic E-state index is 12.4. The number of amides is 1. The highest BCUT2D eigenvalue weighted by Gasteiger charge is 2.39. The molecule has 0 spiro atoms. The Labute approximate surface area is 103 Å². The highest BCUT2D eigenvalue weighted by Crippen LogP contribution is 2.28. The van der Waals surface area contributed by atoms with Gasteiger partial charge in [0.15, 0.2) is 0 Å². The van der Waals surface area contributed by atoms with Crippen molar-refractivity contribution in [2.45, 2.75) is 57.8 Å². The summed E-state index contributed by atoms with van der Waals surface area (Å²) in [5.41, 5.74) is 5.77. The highest BCUT2D eigenvalue weighted by atomic mass is 16.5. The van der Waals surface area contributed by atoms with Crippen LogP contribution in [0.15, 0.2) is 0 Å². The van der Waals surface area contributed by atoms with Gasteiger partial charge in [-0.2, -0.15) is 0 Å². The van der Waals surface area contributed by atoms with E-state index in [-0.39, 0.29) is 29.6 Å². The monoisotopic (exact) mass is 240 g/mol. The number of nitrogens with two attached hydrogens (primary N) is 1. The summed E-state index contributed by atoms with van der Waals surface area (Å²) in [5.74, 6) is 0.273. The van der Waals surface area contributed by atoms with Gasteiger partial charge in [0, 0.05) is 19.1 Å². The van der Waals surface area contributed by atoms with Crippen LogP contribution in [-0.4, -0.2) is 41.6 Å². The molecule has 4 heteroatoms. The van der Waals surface area contributed by atoms with Crippen molar-refractivity contribution in [3.8, 4) is 0 Å². The van der Waals surface area contributed by atoms with E-state index in [0.29, 0.717) is 13.1 Å². The second-order valence-corrected chi connectivity index (χ2v) is 6.11. The van der Waals surface area contributed by atoms with Crippen LogP contribution in [0.4, 0.5) is 0 Å². The number of ether oxygens (including phenoxy) is 1. The fourth-order valence-electron chi connectivity index (χ4n) is 3.15. The second kappa shape index (κ2) is 4.58. The SMILES string of the molecule is C[C@@H]1CN(C(=O)[C@H]2CCC[C@H]2N)CC(C)(C)O1. The van der Waals surface area contributed by atoms with E-state index in [2.05, 4.69) is 0 Å². The van der Waals surface area contributed by atoms with Crippen LogP contribution in [0.3, 0.4) is 0 Å². The van der Waals surface area contributed by atoms with Gasteiger partial charge in [-0.05, 0) is 33.6 Å². The van der Waals surface area contributed by atoms with E-state index in [1.54, 1.807) is 0 Å². The summed E-state index contributed by atoms with van der Waals surface area (Å²) in [5, 5.41) is 0. The number of rotatable bonds is 1. The fourth-order valence-corrected chi connectivity index (χ4v) is 3.15. The third kappa shape index (κ3) is 2.80. The molecule has 1 aliphatic heterocycles. The number of hydrogen-bond acceptors (Lipinski definition) is 3. The molecule has 1 aliphatic carbocycles. The molecule has 3 atom stereocenters. The van der Waals surface area contributed by atoms with E-state index in [0.717, 1.165) is 19.3 Å². The van der Waals surface area contributed by atoms with Crippen molar-refractivity contribution in [3.63, 3.8) is 0 Å². The zero-order valence-corrected chi connectivity index (χ0v) is 11.1. The molecule has 0 aromatic rings. The average molecular weight is 240 g/mol. The fraction of sp³-hybridized carbons (Fsp3) is 0.923. The molecule has 0 unspecified atom stereocenters. The molecule has 1 saturated carbocycles. The van der Waals surface area contributed by atoms with Crippen molar-refractivity contribution in [2.75, 3.05) is 13.1 Å². The van der Waals surface area contributed by atoms with Gasteiger partial charge in [0.25, 0.3) is 0 Å². The summed E-state index contributed by atoms with van der Waals surface area (Å²) >= 11 is 0. The smallest absolute Gasteiger partial charge is 0.227 e. The van der Waals surface area contributed by atoms with Gasteiger partial charge >= 0.3 is 0 Å². The summed E-state index contributed by atoms with van der Waals surface area (Å²) in [4.78, 5) is 14.4. The van der Waals surface area contributed by atoms with Crippen LogP contribution in [0, 0.1) is 5.92 Å². The van der Waals surface area contributed by atoms with Crippen molar-refractivity contribution in [1.82, 2.24) is 4.90 Å². The standard InChI is InChI=1S/C13H24N2O2/c1-9-7-15(8-13(2,3)17-9)12(16)10-5-4-6-11(10)14/h9-11H,4-8,14H2,1-3H3/t9-,10+,11-/m1/s1. The van der Waals surface area contributed by atoms with Gasteiger partial charge in [0.1, 0.15) is 0 Å². The van der Waals surface area contributed by atoms with Gasteiger partial charge in [0.05, 0.1) is 17.6 Å². The molecule has 4 nitrogen and oxygen atoms in total. The Hall–Kier alpha value is -0.610. The Morgan fingerprint density at radius 3 is 2.65 bits per heavy atom. The first-order valence-corrected chi connectivity index (χ1v) is 6.61. The quantitative estimate of drug-likeness (QED) is 0.748. The zero-order valence-electron chi connectivity index (χ0n) is 11.1. The van der Waals surface area contributed by atoms with Crippen molar-refractivity contribution >= 4 is 5.91 Å². The van der Waals surface area contributed by atoms with Crippen LogP contribution >= 0.6 is 0 Å². The normalized spacial score (nSPS) is 37.2. The Bertz CT molecular complexity index is 304. The van der Waals surface area contributed by atoms with Gasteiger partial charge < -0.3 is 15.4 Å². The first-order chi connectivity index (χ1) is 7.89. The summed E-state index contributed by atoms with van der Waals surface area (Å²) in [7, 11) is 0. The first-order valence-electron chi connectivity index (χ1n) is 6.61. The van der Waals surface area contributed by atoms with Crippen LogP contribution in [0.5, 0.6) is 0 Å². The summed E-state index contributed by atoms with van der Waals surface area (Å²) in [6.07, 6.45) is 3.13.